The van der Waals surface area contributed by atoms with Crippen molar-refractivity contribution in [3.05, 3.63) is 0 Å². The standard InChI is InChI=1S/C2H2IN4O2/c4-3-7-1(8)5-6-2(7)9/h4H2/q-1. The van der Waals surface area contributed by atoms with Crippen LogP contribution >= 0.6 is 0 Å². The average Bonchev–Trinajstić information content (AvgIpc) is 2.12. The van der Waals surface area contributed by atoms with E-state index in [1.807, 2.05) is 0 Å². The Morgan fingerprint density at radius 3 is 2.00 bits per heavy atom. The summed E-state index contributed by atoms with van der Waals surface area (Å²) in [5.41, 5.74) is 0. The van der Waals surface area contributed by atoms with Crippen molar-refractivity contribution in [2.75, 3.05) is 0 Å². The van der Waals surface area contributed by atoms with Crippen LogP contribution in [-0.2, 0) is 0 Å². The number of carbonyl (C=O) groups excluding carboxylic acids is 2. The summed E-state index contributed by atoms with van der Waals surface area (Å²) >= 11 is -1.03. The summed E-state index contributed by atoms with van der Waals surface area (Å²) in [5.74, 6) is 0. The van der Waals surface area contributed by atoms with Crippen molar-refractivity contribution in [2.45, 2.75) is 0 Å². The number of amides is 4. The van der Waals surface area contributed by atoms with Gasteiger partial charge in [0.25, 0.3) is 0 Å². The zero-order valence-electron chi connectivity index (χ0n) is 4.11. The van der Waals surface area contributed by atoms with E-state index >= 15 is 0 Å². The average molecular weight is 241 g/mol. The molecule has 0 saturated carbocycles. The van der Waals surface area contributed by atoms with Crippen molar-refractivity contribution in [2.24, 2.45) is 14.2 Å². The van der Waals surface area contributed by atoms with E-state index in [-0.39, 0.29) is 0 Å². The van der Waals surface area contributed by atoms with E-state index in [0.717, 1.165) is 3.11 Å². The van der Waals surface area contributed by atoms with Crippen LogP contribution in [0.2, 0.25) is 0 Å². The number of carbonyl (C=O) groups is 2. The zero-order chi connectivity index (χ0) is 6.85. The van der Waals surface area contributed by atoms with Crippen molar-refractivity contribution >= 4 is 12.1 Å². The van der Waals surface area contributed by atoms with Gasteiger partial charge in [0.15, 0.2) is 0 Å². The van der Waals surface area contributed by atoms with Crippen LogP contribution in [0.3, 0.4) is 0 Å². The monoisotopic (exact) mass is 241 g/mol. The van der Waals surface area contributed by atoms with Crippen LogP contribution in [0.5, 0.6) is 0 Å². The van der Waals surface area contributed by atoms with Crippen molar-refractivity contribution in [1.29, 1.82) is 0 Å². The first-order valence-electron chi connectivity index (χ1n) is 1.89. The third-order valence-corrected chi connectivity index (χ3v) is 2.04. The van der Waals surface area contributed by atoms with Crippen LogP contribution in [-0.4, -0.2) is 15.2 Å². The first kappa shape index (κ1) is 6.55. The Hall–Kier alpha value is -0.570. The summed E-state index contributed by atoms with van der Waals surface area (Å²) in [6.07, 6.45) is 0. The van der Waals surface area contributed by atoms with Crippen LogP contribution in [0.1, 0.15) is 0 Å². The summed E-state index contributed by atoms with van der Waals surface area (Å²) in [4.78, 5) is 20.8. The second-order valence-corrected chi connectivity index (χ2v) is 2.67. The molecule has 0 aromatic rings. The third-order valence-electron chi connectivity index (χ3n) is 0.655. The fourth-order valence-electron chi connectivity index (χ4n) is 0.329. The van der Waals surface area contributed by atoms with Gasteiger partial charge in [-0.2, -0.15) is 0 Å². The summed E-state index contributed by atoms with van der Waals surface area (Å²) in [6, 6.07) is -1.29. The summed E-state index contributed by atoms with van der Waals surface area (Å²) < 4.78 is 5.94. The van der Waals surface area contributed by atoms with Gasteiger partial charge >= 0.3 is 60.7 Å². The van der Waals surface area contributed by atoms with Gasteiger partial charge in [0.2, 0.25) is 0 Å². The normalized spacial score (nSPS) is 18.1. The minimum absolute atomic E-state index is 0.643. The van der Waals surface area contributed by atoms with E-state index in [0.29, 0.717) is 0 Å². The molecule has 0 atom stereocenters. The number of hydrogen-bond acceptors (Lipinski definition) is 3. The van der Waals surface area contributed by atoms with Gasteiger partial charge in [0.05, 0.1) is 0 Å². The van der Waals surface area contributed by atoms with Crippen molar-refractivity contribution in [1.82, 2.24) is 3.11 Å². The quantitative estimate of drug-likeness (QED) is 0.389. The van der Waals surface area contributed by atoms with Crippen molar-refractivity contribution in [3.8, 4) is 0 Å². The second kappa shape index (κ2) is 2.35. The van der Waals surface area contributed by atoms with Crippen LogP contribution in [0, 0.1) is 0 Å². The van der Waals surface area contributed by atoms with Gasteiger partial charge < -0.3 is 0 Å². The van der Waals surface area contributed by atoms with Crippen LogP contribution in [0.25, 0.3) is 0 Å². The molecule has 2 N–H and O–H groups in total. The molecular formula is C2H2IN4O2-. The molecule has 0 saturated heterocycles. The Morgan fingerprint density at radius 1 is 1.33 bits per heavy atom. The van der Waals surface area contributed by atoms with Gasteiger partial charge in [-0.3, -0.25) is 0 Å². The van der Waals surface area contributed by atoms with Gasteiger partial charge in [-0.15, -0.1) is 0 Å². The van der Waals surface area contributed by atoms with Gasteiger partial charge in [-0.1, -0.05) is 0 Å². The molecule has 1 aliphatic rings. The Labute approximate surface area is 61.1 Å². The second-order valence-electron chi connectivity index (χ2n) is 1.14. The van der Waals surface area contributed by atoms with E-state index in [2.05, 4.69) is 10.2 Å². The maximum atomic E-state index is 10.4. The molecule has 0 bridgehead atoms. The molecular weight excluding hydrogens is 239 g/mol. The molecule has 1 aliphatic heterocycles. The van der Waals surface area contributed by atoms with E-state index in [4.69, 9.17) is 3.95 Å². The minimum atomic E-state index is -1.03. The number of rotatable bonds is 1. The molecule has 0 unspecified atom stereocenters. The fraction of sp³-hybridized carbons (Fsp3) is 0. The molecule has 0 aromatic carbocycles. The van der Waals surface area contributed by atoms with E-state index in [1.54, 1.807) is 0 Å². The van der Waals surface area contributed by atoms with Crippen LogP contribution in [0.15, 0.2) is 10.2 Å². The third kappa shape index (κ3) is 1.05. The Morgan fingerprint density at radius 2 is 1.78 bits per heavy atom. The molecule has 50 valence electrons. The molecule has 0 spiro atoms. The Bertz CT molecular complexity index is 171. The molecule has 0 aromatic heterocycles. The van der Waals surface area contributed by atoms with E-state index in [1.165, 1.54) is 0 Å². The number of nitrogens with two attached hydrogens (primary N) is 1. The molecule has 9 heavy (non-hydrogen) atoms. The SMILES string of the molecule is N[I-]N1C(=O)N=NC1=O. The number of imide groups is 1. The first-order valence-corrected chi connectivity index (χ1v) is 4.10. The molecule has 1 heterocycles. The number of urea groups is 2. The van der Waals surface area contributed by atoms with Crippen molar-refractivity contribution < 1.29 is 31.3 Å². The van der Waals surface area contributed by atoms with E-state index < -0.39 is 33.8 Å². The van der Waals surface area contributed by atoms with Gasteiger partial charge in [0, 0.05) is 0 Å². The summed E-state index contributed by atoms with van der Waals surface area (Å²) in [5, 5.41) is 5.96. The fourth-order valence-corrected chi connectivity index (χ4v) is 0.999. The number of halogens is 1. The van der Waals surface area contributed by atoms with Gasteiger partial charge in [-0.05, 0) is 0 Å². The maximum absolute atomic E-state index is 10.4. The van der Waals surface area contributed by atoms with Crippen molar-refractivity contribution in [3.63, 3.8) is 0 Å². The molecule has 7 heteroatoms. The summed E-state index contributed by atoms with van der Waals surface area (Å²) in [7, 11) is 0. The van der Waals surface area contributed by atoms with Gasteiger partial charge in [0.1, 0.15) is 0 Å². The molecule has 0 fully saturated rings. The topological polar surface area (TPSA) is 88.1 Å². The number of hydrogen-bond donors (Lipinski definition) is 1. The molecule has 0 aliphatic carbocycles. The Kier molecular flexibility index (Phi) is 1.71. The molecule has 6 nitrogen and oxygen atoms in total. The number of azo groups is 1. The zero-order valence-corrected chi connectivity index (χ0v) is 6.27. The predicted octanol–water partition coefficient (Wildman–Crippen LogP) is -3.13. The van der Waals surface area contributed by atoms with Gasteiger partial charge in [-0.25, -0.2) is 0 Å². The predicted molar refractivity (Wildman–Crippen MR) is 21.7 cm³/mol. The van der Waals surface area contributed by atoms with Crippen LogP contribution < -0.4 is 25.7 Å². The van der Waals surface area contributed by atoms with E-state index in [9.17, 15) is 9.59 Å². The van der Waals surface area contributed by atoms with Crippen LogP contribution in [0.4, 0.5) is 9.59 Å². The first-order chi connectivity index (χ1) is 4.25. The summed E-state index contributed by atoms with van der Waals surface area (Å²) in [6.45, 7) is 0. The molecule has 4 amide bonds. The molecule has 1 rings (SSSR count). The Balaban J connectivity index is 2.75. The molecule has 0 radical (unpaired) electrons. The number of nitrogens with zero attached hydrogens (tertiary/aromatic N) is 3.